The van der Waals surface area contributed by atoms with Crippen LogP contribution in [0.5, 0.6) is 5.75 Å². The number of hydrogen-bond acceptors (Lipinski definition) is 3. The van der Waals surface area contributed by atoms with E-state index < -0.39 is 0 Å². The third-order valence-electron chi connectivity index (χ3n) is 4.41. The topological polar surface area (TPSA) is 67.4 Å². The van der Waals surface area contributed by atoms with Gasteiger partial charge in [-0.2, -0.15) is 0 Å². The van der Waals surface area contributed by atoms with E-state index in [9.17, 15) is 9.59 Å². The summed E-state index contributed by atoms with van der Waals surface area (Å²) >= 11 is 5.99. The molecule has 2 N–H and O–H groups in total. The summed E-state index contributed by atoms with van der Waals surface area (Å²) in [7, 11) is 0. The fraction of sp³-hybridized carbons (Fsp3) is 0.167. The molecule has 0 heterocycles. The molecule has 6 heteroatoms. The highest BCUT2D eigenvalue weighted by Gasteiger charge is 2.07. The average molecular weight is 423 g/mol. The lowest BCUT2D eigenvalue weighted by Gasteiger charge is -2.10. The molecule has 0 saturated carbocycles. The zero-order valence-corrected chi connectivity index (χ0v) is 17.4. The van der Waals surface area contributed by atoms with Crippen LogP contribution in [0.3, 0.4) is 0 Å². The first-order valence-electron chi connectivity index (χ1n) is 9.62. The molecule has 0 radical (unpaired) electrons. The number of benzene rings is 3. The molecule has 3 rings (SSSR count). The van der Waals surface area contributed by atoms with Gasteiger partial charge in [-0.1, -0.05) is 48.0 Å². The van der Waals surface area contributed by atoms with E-state index in [1.165, 1.54) is 0 Å². The van der Waals surface area contributed by atoms with Crippen LogP contribution in [0.15, 0.2) is 72.8 Å². The van der Waals surface area contributed by atoms with Crippen molar-refractivity contribution in [3.63, 3.8) is 0 Å². The Kier molecular flexibility index (Phi) is 7.46. The number of rotatable bonds is 8. The number of carbonyl (C=O) groups excluding carboxylic acids is 2. The van der Waals surface area contributed by atoms with Crippen LogP contribution < -0.4 is 15.4 Å². The molecule has 0 aliphatic heterocycles. The van der Waals surface area contributed by atoms with Crippen LogP contribution in [0, 0.1) is 6.92 Å². The minimum absolute atomic E-state index is 0.0798. The van der Waals surface area contributed by atoms with Gasteiger partial charge < -0.3 is 15.4 Å². The van der Waals surface area contributed by atoms with Gasteiger partial charge in [-0.3, -0.25) is 9.59 Å². The number of anilines is 2. The normalized spacial score (nSPS) is 10.3. The van der Waals surface area contributed by atoms with E-state index in [4.69, 9.17) is 16.3 Å². The van der Waals surface area contributed by atoms with Crippen LogP contribution in [0.2, 0.25) is 5.02 Å². The molecule has 5 nitrogen and oxygen atoms in total. The highest BCUT2D eigenvalue weighted by Crippen LogP contribution is 2.21. The fourth-order valence-electron chi connectivity index (χ4n) is 2.85. The largest absolute Gasteiger partial charge is 0.484 e. The maximum Gasteiger partial charge on any atom is 0.262 e. The summed E-state index contributed by atoms with van der Waals surface area (Å²) in [6.45, 7) is 1.74. The molecular formula is C24H23ClN2O3. The van der Waals surface area contributed by atoms with Gasteiger partial charge in [-0.05, 0) is 60.9 Å². The van der Waals surface area contributed by atoms with Crippen molar-refractivity contribution >= 4 is 34.8 Å². The first kappa shape index (κ1) is 21.4. The highest BCUT2D eigenvalue weighted by atomic mass is 35.5. The number of nitrogens with one attached hydrogen (secondary N) is 2. The van der Waals surface area contributed by atoms with Crippen molar-refractivity contribution in [1.82, 2.24) is 0 Å². The fourth-order valence-corrected chi connectivity index (χ4v) is 2.97. The molecule has 0 saturated heterocycles. The van der Waals surface area contributed by atoms with E-state index in [2.05, 4.69) is 10.6 Å². The summed E-state index contributed by atoms with van der Waals surface area (Å²) in [5.41, 5.74) is 3.20. The molecule has 0 aromatic heterocycles. The Balaban J connectivity index is 1.48. The lowest BCUT2D eigenvalue weighted by atomic mass is 10.1. The van der Waals surface area contributed by atoms with Crippen molar-refractivity contribution in [2.75, 3.05) is 17.2 Å². The molecule has 0 atom stereocenters. The number of carbonyl (C=O) groups is 2. The maximum atomic E-state index is 12.2. The van der Waals surface area contributed by atoms with Crippen LogP contribution in [-0.2, 0) is 16.0 Å². The van der Waals surface area contributed by atoms with Gasteiger partial charge in [0.2, 0.25) is 5.91 Å². The molecule has 0 unspecified atom stereocenters. The smallest absolute Gasteiger partial charge is 0.262 e. The van der Waals surface area contributed by atoms with Gasteiger partial charge in [0.15, 0.2) is 6.61 Å². The zero-order chi connectivity index (χ0) is 21.3. The number of amides is 2. The Morgan fingerprint density at radius 3 is 2.27 bits per heavy atom. The third-order valence-corrected chi connectivity index (χ3v) is 4.84. The molecule has 0 aliphatic carbocycles. The predicted octanol–water partition coefficient (Wildman–Crippen LogP) is 5.24. The second kappa shape index (κ2) is 10.5. The molecule has 0 fully saturated rings. The van der Waals surface area contributed by atoms with Crippen LogP contribution in [0.1, 0.15) is 17.5 Å². The number of hydrogen-bond donors (Lipinski definition) is 2. The van der Waals surface area contributed by atoms with Gasteiger partial charge in [0.1, 0.15) is 5.75 Å². The van der Waals surface area contributed by atoms with Gasteiger partial charge in [-0.25, -0.2) is 0 Å². The summed E-state index contributed by atoms with van der Waals surface area (Å²) in [6.07, 6.45) is 1.06. The summed E-state index contributed by atoms with van der Waals surface area (Å²) in [4.78, 5) is 24.4. The minimum Gasteiger partial charge on any atom is -0.484 e. The van der Waals surface area contributed by atoms with E-state index in [1.54, 1.807) is 42.5 Å². The van der Waals surface area contributed by atoms with E-state index >= 15 is 0 Å². The molecule has 0 bridgehead atoms. The second-order valence-electron chi connectivity index (χ2n) is 6.86. The molecule has 3 aromatic rings. The Labute approximate surface area is 181 Å². The van der Waals surface area contributed by atoms with Gasteiger partial charge in [0.25, 0.3) is 5.91 Å². The average Bonchev–Trinajstić information content (AvgIpc) is 2.74. The Morgan fingerprint density at radius 1 is 0.867 bits per heavy atom. The molecule has 154 valence electrons. The van der Waals surface area contributed by atoms with E-state index in [1.807, 2.05) is 37.3 Å². The Morgan fingerprint density at radius 2 is 1.57 bits per heavy atom. The number of aryl methyl sites for hydroxylation is 2. The predicted molar refractivity (Wildman–Crippen MR) is 120 cm³/mol. The van der Waals surface area contributed by atoms with Crippen LogP contribution in [0.4, 0.5) is 11.4 Å². The van der Waals surface area contributed by atoms with Crippen molar-refractivity contribution in [2.45, 2.75) is 19.8 Å². The molecule has 0 aliphatic rings. The minimum atomic E-state index is -0.296. The monoisotopic (exact) mass is 422 g/mol. The van der Waals surface area contributed by atoms with Crippen molar-refractivity contribution in [3.8, 4) is 5.75 Å². The van der Waals surface area contributed by atoms with Crippen molar-refractivity contribution < 1.29 is 14.3 Å². The van der Waals surface area contributed by atoms with Crippen LogP contribution in [-0.4, -0.2) is 18.4 Å². The summed E-state index contributed by atoms with van der Waals surface area (Å²) in [5, 5.41) is 6.28. The second-order valence-corrected chi connectivity index (χ2v) is 7.27. The standard InChI is InChI=1S/C24H23ClN2O3/c1-17-14-21(11-12-22(17)25)30-16-24(29)27-20-9-5-8-19(15-20)26-23(28)13-10-18-6-3-2-4-7-18/h2-9,11-12,14-15H,10,13,16H2,1H3,(H,26,28)(H,27,29). The van der Waals surface area contributed by atoms with E-state index in [-0.39, 0.29) is 18.4 Å². The molecule has 3 aromatic carbocycles. The van der Waals surface area contributed by atoms with Gasteiger partial charge in [0.05, 0.1) is 0 Å². The number of ether oxygens (including phenoxy) is 1. The lowest BCUT2D eigenvalue weighted by Crippen LogP contribution is -2.20. The SMILES string of the molecule is Cc1cc(OCC(=O)Nc2cccc(NC(=O)CCc3ccccc3)c2)ccc1Cl. The molecule has 0 spiro atoms. The third kappa shape index (κ3) is 6.64. The van der Waals surface area contributed by atoms with Gasteiger partial charge in [-0.15, -0.1) is 0 Å². The molecular weight excluding hydrogens is 400 g/mol. The molecule has 2 amide bonds. The Bertz CT molecular complexity index is 1020. The van der Waals surface area contributed by atoms with Gasteiger partial charge in [0, 0.05) is 22.8 Å². The summed E-state index contributed by atoms with van der Waals surface area (Å²) in [6, 6.07) is 22.1. The van der Waals surface area contributed by atoms with Crippen molar-refractivity contribution in [3.05, 3.63) is 88.9 Å². The van der Waals surface area contributed by atoms with Crippen molar-refractivity contribution in [1.29, 1.82) is 0 Å². The van der Waals surface area contributed by atoms with E-state index in [0.29, 0.717) is 35.0 Å². The highest BCUT2D eigenvalue weighted by molar-refractivity contribution is 6.31. The lowest BCUT2D eigenvalue weighted by molar-refractivity contribution is -0.118. The first-order valence-corrected chi connectivity index (χ1v) is 10.00. The van der Waals surface area contributed by atoms with Crippen LogP contribution in [0.25, 0.3) is 0 Å². The van der Waals surface area contributed by atoms with E-state index in [0.717, 1.165) is 11.1 Å². The Hall–Kier alpha value is -3.31. The van der Waals surface area contributed by atoms with Gasteiger partial charge >= 0.3 is 0 Å². The zero-order valence-electron chi connectivity index (χ0n) is 16.7. The first-order chi connectivity index (χ1) is 14.5. The van der Waals surface area contributed by atoms with Crippen molar-refractivity contribution in [2.24, 2.45) is 0 Å². The van der Waals surface area contributed by atoms with Crippen LogP contribution >= 0.6 is 11.6 Å². The molecule has 30 heavy (non-hydrogen) atoms. The summed E-state index contributed by atoms with van der Waals surface area (Å²) in [5.74, 6) is 0.199. The maximum absolute atomic E-state index is 12.2. The summed E-state index contributed by atoms with van der Waals surface area (Å²) < 4.78 is 5.50. The number of halogens is 1. The quantitative estimate of drug-likeness (QED) is 0.521.